The van der Waals surface area contributed by atoms with Gasteiger partial charge in [-0.3, -0.25) is 9.69 Å². The van der Waals surface area contributed by atoms with Crippen molar-refractivity contribution in [1.82, 2.24) is 30.4 Å². The number of carbonyl (C=O) groups excluding carboxylic acids is 1. The number of tetrazole rings is 1. The Kier molecular flexibility index (Phi) is 6.11. The number of nitrogens with zero attached hydrogens (tertiary/aromatic N) is 5. The van der Waals surface area contributed by atoms with E-state index in [-0.39, 0.29) is 5.91 Å². The van der Waals surface area contributed by atoms with Crippen molar-refractivity contribution >= 4 is 5.91 Å². The third kappa shape index (κ3) is 5.35. The van der Waals surface area contributed by atoms with Gasteiger partial charge in [0.2, 0.25) is 5.91 Å². The zero-order chi connectivity index (χ0) is 17.5. The molecule has 25 heavy (non-hydrogen) atoms. The standard InChI is InChI=1S/C18H26N6O/c1-15-5-2-3-6-17(15)13-23-10-8-16(12-23)11-19-18(25)7-4-9-24-14-20-21-22-24/h2-3,5-6,14,16H,4,7-13H2,1H3,(H,19,25)/t16-/m1/s1. The first-order chi connectivity index (χ1) is 12.2. The van der Waals surface area contributed by atoms with Crippen LogP contribution >= 0.6 is 0 Å². The summed E-state index contributed by atoms with van der Waals surface area (Å²) in [5.41, 5.74) is 2.75. The Hall–Kier alpha value is -2.28. The highest BCUT2D eigenvalue weighted by molar-refractivity contribution is 5.75. The number of carbonyl (C=O) groups is 1. The van der Waals surface area contributed by atoms with Gasteiger partial charge in [-0.2, -0.15) is 0 Å². The average molecular weight is 342 g/mol. The molecule has 1 aromatic carbocycles. The molecule has 0 saturated carbocycles. The normalized spacial score (nSPS) is 17.7. The summed E-state index contributed by atoms with van der Waals surface area (Å²) >= 11 is 0. The number of benzene rings is 1. The fourth-order valence-corrected chi connectivity index (χ4v) is 3.28. The lowest BCUT2D eigenvalue weighted by Crippen LogP contribution is -2.31. The lowest BCUT2D eigenvalue weighted by molar-refractivity contribution is -0.121. The molecule has 1 aliphatic rings. The van der Waals surface area contributed by atoms with Crippen LogP contribution < -0.4 is 5.32 Å². The molecule has 2 aromatic rings. The molecule has 0 spiro atoms. The summed E-state index contributed by atoms with van der Waals surface area (Å²) in [5.74, 6) is 0.665. The van der Waals surface area contributed by atoms with Crippen LogP contribution in [0.4, 0.5) is 0 Å². The number of rotatable bonds is 8. The van der Waals surface area contributed by atoms with Gasteiger partial charge in [0, 0.05) is 32.6 Å². The number of aromatic nitrogens is 4. The molecule has 134 valence electrons. The number of amides is 1. The predicted octanol–water partition coefficient (Wildman–Crippen LogP) is 1.40. The summed E-state index contributed by atoms with van der Waals surface area (Å²) in [7, 11) is 0. The highest BCUT2D eigenvalue weighted by Crippen LogP contribution is 2.19. The molecule has 0 unspecified atom stereocenters. The first-order valence-electron chi connectivity index (χ1n) is 8.95. The molecule has 1 atom stereocenters. The SMILES string of the molecule is Cc1ccccc1CN1CC[C@H](CNC(=O)CCCn2cnnn2)C1. The zero-order valence-electron chi connectivity index (χ0n) is 14.8. The van der Waals surface area contributed by atoms with Gasteiger partial charge in [-0.15, -0.1) is 5.10 Å². The van der Waals surface area contributed by atoms with Gasteiger partial charge in [0.15, 0.2) is 0 Å². The Balaban J connectivity index is 1.33. The summed E-state index contributed by atoms with van der Waals surface area (Å²) in [4.78, 5) is 14.4. The number of likely N-dealkylation sites (tertiary alicyclic amines) is 1. The van der Waals surface area contributed by atoms with Crippen LogP contribution in [0.1, 0.15) is 30.4 Å². The van der Waals surface area contributed by atoms with E-state index in [1.807, 2.05) is 0 Å². The molecule has 0 bridgehead atoms. The fourth-order valence-electron chi connectivity index (χ4n) is 3.28. The van der Waals surface area contributed by atoms with Crippen molar-refractivity contribution in [3.8, 4) is 0 Å². The van der Waals surface area contributed by atoms with Crippen LogP contribution in [-0.4, -0.2) is 50.6 Å². The van der Waals surface area contributed by atoms with Crippen LogP contribution in [0.15, 0.2) is 30.6 Å². The molecule has 1 amide bonds. The molecule has 1 saturated heterocycles. The molecule has 7 heteroatoms. The van der Waals surface area contributed by atoms with Crippen molar-refractivity contribution in [3.05, 3.63) is 41.7 Å². The van der Waals surface area contributed by atoms with Gasteiger partial charge in [0.25, 0.3) is 0 Å². The average Bonchev–Trinajstić information content (AvgIpc) is 3.27. The fraction of sp³-hybridized carbons (Fsp3) is 0.556. The summed E-state index contributed by atoms with van der Waals surface area (Å²) in [6.45, 7) is 6.77. The van der Waals surface area contributed by atoms with Crippen molar-refractivity contribution in [3.63, 3.8) is 0 Å². The molecular weight excluding hydrogens is 316 g/mol. The van der Waals surface area contributed by atoms with Crippen LogP contribution in [0.25, 0.3) is 0 Å². The van der Waals surface area contributed by atoms with E-state index in [0.29, 0.717) is 18.9 Å². The second-order valence-corrected chi connectivity index (χ2v) is 6.80. The molecule has 2 heterocycles. The monoisotopic (exact) mass is 342 g/mol. The molecule has 0 radical (unpaired) electrons. The van der Waals surface area contributed by atoms with E-state index in [9.17, 15) is 4.79 Å². The van der Waals surface area contributed by atoms with Crippen LogP contribution in [0.5, 0.6) is 0 Å². The van der Waals surface area contributed by atoms with Crippen LogP contribution in [-0.2, 0) is 17.9 Å². The molecule has 1 N–H and O–H groups in total. The third-order valence-corrected chi connectivity index (χ3v) is 4.80. The van der Waals surface area contributed by atoms with Crippen molar-refractivity contribution in [2.24, 2.45) is 5.92 Å². The largest absolute Gasteiger partial charge is 0.356 e. The lowest BCUT2D eigenvalue weighted by atomic mass is 10.1. The first kappa shape index (κ1) is 17.5. The van der Waals surface area contributed by atoms with Gasteiger partial charge in [-0.1, -0.05) is 24.3 Å². The zero-order valence-corrected chi connectivity index (χ0v) is 14.8. The summed E-state index contributed by atoms with van der Waals surface area (Å²) in [6, 6.07) is 8.56. The van der Waals surface area contributed by atoms with Gasteiger partial charge in [-0.25, -0.2) is 4.68 Å². The van der Waals surface area contributed by atoms with E-state index < -0.39 is 0 Å². The molecule has 1 aliphatic heterocycles. The summed E-state index contributed by atoms with van der Waals surface area (Å²) < 4.78 is 1.65. The van der Waals surface area contributed by atoms with E-state index in [4.69, 9.17) is 0 Å². The van der Waals surface area contributed by atoms with Crippen LogP contribution in [0.2, 0.25) is 0 Å². The van der Waals surface area contributed by atoms with Gasteiger partial charge in [-0.05, 0) is 53.8 Å². The number of hydrogen-bond acceptors (Lipinski definition) is 5. The molecule has 3 rings (SSSR count). The van der Waals surface area contributed by atoms with E-state index >= 15 is 0 Å². The minimum Gasteiger partial charge on any atom is -0.356 e. The minimum absolute atomic E-state index is 0.116. The van der Waals surface area contributed by atoms with Crippen molar-refractivity contribution < 1.29 is 4.79 Å². The van der Waals surface area contributed by atoms with Crippen molar-refractivity contribution in [1.29, 1.82) is 0 Å². The maximum absolute atomic E-state index is 12.0. The number of hydrogen-bond donors (Lipinski definition) is 1. The van der Waals surface area contributed by atoms with Crippen LogP contribution in [0.3, 0.4) is 0 Å². The minimum atomic E-state index is 0.116. The second-order valence-electron chi connectivity index (χ2n) is 6.80. The molecule has 1 fully saturated rings. The number of aryl methyl sites for hydroxylation is 2. The third-order valence-electron chi connectivity index (χ3n) is 4.80. The molecular formula is C18H26N6O. The smallest absolute Gasteiger partial charge is 0.220 e. The topological polar surface area (TPSA) is 75.9 Å². The molecule has 1 aromatic heterocycles. The first-order valence-corrected chi connectivity index (χ1v) is 8.95. The van der Waals surface area contributed by atoms with Crippen molar-refractivity contribution in [2.75, 3.05) is 19.6 Å². The maximum Gasteiger partial charge on any atom is 0.220 e. The Bertz CT molecular complexity index is 672. The molecule has 7 nitrogen and oxygen atoms in total. The number of nitrogens with one attached hydrogen (secondary N) is 1. The Morgan fingerprint density at radius 3 is 3.04 bits per heavy atom. The lowest BCUT2D eigenvalue weighted by Gasteiger charge is -2.17. The van der Waals surface area contributed by atoms with Crippen molar-refractivity contribution in [2.45, 2.75) is 39.3 Å². The quantitative estimate of drug-likeness (QED) is 0.785. The highest BCUT2D eigenvalue weighted by atomic mass is 16.1. The van der Waals surface area contributed by atoms with Crippen LogP contribution in [0, 0.1) is 12.8 Å². The van der Waals surface area contributed by atoms with E-state index in [1.165, 1.54) is 11.1 Å². The van der Waals surface area contributed by atoms with Gasteiger partial charge in [0.05, 0.1) is 0 Å². The van der Waals surface area contributed by atoms with Gasteiger partial charge < -0.3 is 5.32 Å². The highest BCUT2D eigenvalue weighted by Gasteiger charge is 2.23. The predicted molar refractivity (Wildman–Crippen MR) is 94.6 cm³/mol. The van der Waals surface area contributed by atoms with Gasteiger partial charge in [0.1, 0.15) is 6.33 Å². The van der Waals surface area contributed by atoms with E-state index in [0.717, 1.165) is 39.0 Å². The maximum atomic E-state index is 12.0. The Labute approximate surface area is 148 Å². The molecule has 0 aliphatic carbocycles. The summed E-state index contributed by atoms with van der Waals surface area (Å²) in [6.07, 6.45) is 3.98. The van der Waals surface area contributed by atoms with E-state index in [2.05, 4.69) is 56.9 Å². The second kappa shape index (κ2) is 8.71. The van der Waals surface area contributed by atoms with E-state index in [1.54, 1.807) is 11.0 Å². The Morgan fingerprint density at radius 2 is 2.24 bits per heavy atom. The van der Waals surface area contributed by atoms with Gasteiger partial charge >= 0.3 is 0 Å². The summed E-state index contributed by atoms with van der Waals surface area (Å²) in [5, 5.41) is 14.0. The Morgan fingerprint density at radius 1 is 1.36 bits per heavy atom.